The molecule has 1 aromatic carbocycles. The van der Waals surface area contributed by atoms with Gasteiger partial charge in [-0.05, 0) is 42.7 Å². The Morgan fingerprint density at radius 3 is 2.53 bits per heavy atom. The average molecular weight is 253 g/mol. The maximum atomic E-state index is 11.7. The van der Waals surface area contributed by atoms with Crippen LogP contribution in [0, 0.1) is 6.92 Å². The van der Waals surface area contributed by atoms with Crippen molar-refractivity contribution >= 4 is 23.4 Å². The molecule has 1 rings (SSSR count). The second-order valence-electron chi connectivity index (χ2n) is 3.65. The van der Waals surface area contributed by atoms with Gasteiger partial charge in [-0.1, -0.05) is 18.5 Å². The van der Waals surface area contributed by atoms with Crippen molar-refractivity contribution in [2.75, 3.05) is 0 Å². The Kier molecular flexibility index (Phi) is 4.46. The Morgan fingerprint density at radius 2 is 2.00 bits per heavy atom. The molecule has 0 fully saturated rings. The number of carboxylic acid groups (broad SMARTS) is 1. The van der Waals surface area contributed by atoms with Gasteiger partial charge < -0.3 is 5.11 Å². The van der Waals surface area contributed by atoms with Gasteiger partial charge in [0, 0.05) is 11.6 Å². The highest BCUT2D eigenvalue weighted by atomic mass is 35.5. The fourth-order valence-electron chi connectivity index (χ4n) is 1.52. The van der Waals surface area contributed by atoms with Gasteiger partial charge >= 0.3 is 5.97 Å². The average Bonchev–Trinajstić information content (AvgIpc) is 2.26. The Bertz CT molecular complexity index is 490. The maximum absolute atomic E-state index is 11.7. The molecule has 0 aromatic heterocycles. The van der Waals surface area contributed by atoms with Crippen LogP contribution in [0.2, 0.25) is 5.02 Å². The third kappa shape index (κ3) is 3.43. The van der Waals surface area contributed by atoms with E-state index in [0.29, 0.717) is 10.6 Å². The first-order valence-corrected chi connectivity index (χ1v) is 5.57. The molecule has 0 amide bonds. The lowest BCUT2D eigenvalue weighted by Gasteiger charge is -2.07. The van der Waals surface area contributed by atoms with Crippen LogP contribution in [0.1, 0.15) is 28.4 Å². The molecule has 0 atom stereocenters. The van der Waals surface area contributed by atoms with Gasteiger partial charge in [0.2, 0.25) is 0 Å². The molecule has 0 saturated carbocycles. The molecule has 0 unspecified atom stereocenters. The fourth-order valence-corrected chi connectivity index (χ4v) is 1.84. The fraction of sp³-hybridized carbons (Fsp3) is 0.231. The van der Waals surface area contributed by atoms with E-state index in [1.807, 2.05) is 13.8 Å². The molecule has 0 aliphatic heterocycles. The van der Waals surface area contributed by atoms with Gasteiger partial charge in [0.15, 0.2) is 5.78 Å². The lowest BCUT2D eigenvalue weighted by molar-refractivity contribution is -0.131. The van der Waals surface area contributed by atoms with Crippen LogP contribution in [0.25, 0.3) is 0 Å². The standard InChI is InChI=1S/C13H13ClO3/c1-3-9-7-10(11(14)6-8(9)2)12(15)4-5-13(16)17/h4-7H,3H2,1-2H3,(H,16,17)/b5-4+. The lowest BCUT2D eigenvalue weighted by Crippen LogP contribution is -2.00. The zero-order chi connectivity index (χ0) is 13.0. The first-order valence-electron chi connectivity index (χ1n) is 5.20. The molecule has 0 radical (unpaired) electrons. The number of benzene rings is 1. The van der Waals surface area contributed by atoms with E-state index in [1.54, 1.807) is 12.1 Å². The highest BCUT2D eigenvalue weighted by molar-refractivity contribution is 6.34. The number of allylic oxidation sites excluding steroid dienone is 1. The smallest absolute Gasteiger partial charge is 0.328 e. The van der Waals surface area contributed by atoms with Crippen molar-refractivity contribution < 1.29 is 14.7 Å². The minimum absolute atomic E-state index is 0.339. The van der Waals surface area contributed by atoms with E-state index in [-0.39, 0.29) is 0 Å². The number of halogens is 1. The molecule has 0 aliphatic carbocycles. The highest BCUT2D eigenvalue weighted by Crippen LogP contribution is 2.22. The third-order valence-electron chi connectivity index (χ3n) is 2.45. The molecular weight excluding hydrogens is 240 g/mol. The molecule has 0 aliphatic rings. The summed E-state index contributed by atoms with van der Waals surface area (Å²) in [5.74, 6) is -1.55. The number of hydrogen-bond acceptors (Lipinski definition) is 2. The summed E-state index contributed by atoms with van der Waals surface area (Å²) in [6.45, 7) is 3.91. The molecular formula is C13H13ClO3. The topological polar surface area (TPSA) is 54.4 Å². The summed E-state index contributed by atoms with van der Waals surface area (Å²) in [7, 11) is 0. The van der Waals surface area contributed by atoms with E-state index in [1.165, 1.54) is 0 Å². The number of rotatable bonds is 4. The summed E-state index contributed by atoms with van der Waals surface area (Å²) >= 11 is 5.97. The van der Waals surface area contributed by atoms with Crippen LogP contribution in [0.15, 0.2) is 24.3 Å². The van der Waals surface area contributed by atoms with Crippen molar-refractivity contribution in [3.8, 4) is 0 Å². The van der Waals surface area contributed by atoms with Crippen LogP contribution in [-0.4, -0.2) is 16.9 Å². The number of carboxylic acids is 1. The molecule has 1 aromatic rings. The minimum Gasteiger partial charge on any atom is -0.478 e. The molecule has 0 spiro atoms. The summed E-state index contributed by atoms with van der Waals surface area (Å²) < 4.78 is 0. The zero-order valence-electron chi connectivity index (χ0n) is 9.66. The van der Waals surface area contributed by atoms with Crippen molar-refractivity contribution in [3.63, 3.8) is 0 Å². The molecule has 17 heavy (non-hydrogen) atoms. The van der Waals surface area contributed by atoms with E-state index < -0.39 is 11.8 Å². The number of ketones is 1. The maximum Gasteiger partial charge on any atom is 0.328 e. The van der Waals surface area contributed by atoms with E-state index in [9.17, 15) is 9.59 Å². The van der Waals surface area contributed by atoms with Crippen molar-refractivity contribution in [2.24, 2.45) is 0 Å². The number of carbonyl (C=O) groups excluding carboxylic acids is 1. The van der Waals surface area contributed by atoms with Crippen molar-refractivity contribution in [1.29, 1.82) is 0 Å². The SMILES string of the molecule is CCc1cc(C(=O)/C=C/C(=O)O)c(Cl)cc1C. The monoisotopic (exact) mass is 252 g/mol. The predicted octanol–water partition coefficient (Wildman–Crippen LogP) is 3.03. The number of carbonyl (C=O) groups is 2. The normalized spacial score (nSPS) is 10.8. The van der Waals surface area contributed by atoms with Crippen LogP contribution in [0.4, 0.5) is 0 Å². The minimum atomic E-state index is -1.16. The van der Waals surface area contributed by atoms with E-state index in [2.05, 4.69) is 0 Å². The second-order valence-corrected chi connectivity index (χ2v) is 4.06. The van der Waals surface area contributed by atoms with Crippen molar-refractivity contribution in [1.82, 2.24) is 0 Å². The highest BCUT2D eigenvalue weighted by Gasteiger charge is 2.10. The van der Waals surface area contributed by atoms with Gasteiger partial charge in [-0.15, -0.1) is 0 Å². The van der Waals surface area contributed by atoms with E-state index >= 15 is 0 Å². The molecule has 3 nitrogen and oxygen atoms in total. The molecule has 90 valence electrons. The van der Waals surface area contributed by atoms with Gasteiger partial charge in [-0.3, -0.25) is 4.79 Å². The van der Waals surface area contributed by atoms with Gasteiger partial charge in [0.05, 0.1) is 5.02 Å². The van der Waals surface area contributed by atoms with Crippen LogP contribution in [0.5, 0.6) is 0 Å². The summed E-state index contributed by atoms with van der Waals surface area (Å²) in [4.78, 5) is 22.0. The first-order chi connectivity index (χ1) is 7.95. The van der Waals surface area contributed by atoms with Crippen molar-refractivity contribution in [3.05, 3.63) is 46.0 Å². The summed E-state index contributed by atoms with van der Waals surface area (Å²) in [5, 5.41) is 8.80. The van der Waals surface area contributed by atoms with Gasteiger partial charge in [0.25, 0.3) is 0 Å². The molecule has 0 saturated heterocycles. The van der Waals surface area contributed by atoms with Crippen molar-refractivity contribution in [2.45, 2.75) is 20.3 Å². The van der Waals surface area contributed by atoms with Gasteiger partial charge in [-0.2, -0.15) is 0 Å². The van der Waals surface area contributed by atoms with E-state index in [0.717, 1.165) is 29.7 Å². The Morgan fingerprint density at radius 1 is 1.35 bits per heavy atom. The number of hydrogen-bond donors (Lipinski definition) is 1. The Labute approximate surface area is 105 Å². The molecule has 0 heterocycles. The number of aliphatic carboxylic acids is 1. The van der Waals surface area contributed by atoms with Crippen LogP contribution in [-0.2, 0) is 11.2 Å². The zero-order valence-corrected chi connectivity index (χ0v) is 10.4. The largest absolute Gasteiger partial charge is 0.478 e. The molecule has 1 N–H and O–H groups in total. The lowest BCUT2D eigenvalue weighted by atomic mass is 10.0. The summed E-state index contributed by atoms with van der Waals surface area (Å²) in [6.07, 6.45) is 2.62. The van der Waals surface area contributed by atoms with Crippen LogP contribution < -0.4 is 0 Å². The quantitative estimate of drug-likeness (QED) is 0.662. The van der Waals surface area contributed by atoms with E-state index in [4.69, 9.17) is 16.7 Å². The predicted molar refractivity (Wildman–Crippen MR) is 66.7 cm³/mol. The third-order valence-corrected chi connectivity index (χ3v) is 2.76. The van der Waals surface area contributed by atoms with Crippen LogP contribution >= 0.6 is 11.6 Å². The summed E-state index contributed by atoms with van der Waals surface area (Å²) in [5.41, 5.74) is 2.39. The molecule has 4 heteroatoms. The summed E-state index contributed by atoms with van der Waals surface area (Å²) in [6, 6.07) is 3.44. The number of aryl methyl sites for hydroxylation is 2. The van der Waals surface area contributed by atoms with Gasteiger partial charge in [0.1, 0.15) is 0 Å². The Balaban J connectivity index is 3.13. The van der Waals surface area contributed by atoms with Crippen LogP contribution in [0.3, 0.4) is 0 Å². The first kappa shape index (κ1) is 13.5. The molecule has 0 bridgehead atoms. The second kappa shape index (κ2) is 5.64. The Hall–Kier alpha value is -1.61. The van der Waals surface area contributed by atoms with Gasteiger partial charge in [-0.25, -0.2) is 4.79 Å².